The highest BCUT2D eigenvalue weighted by Gasteiger charge is 2.27. The third-order valence-corrected chi connectivity index (χ3v) is 4.24. The minimum atomic E-state index is -1.22. The van der Waals surface area contributed by atoms with Crippen molar-refractivity contribution in [3.05, 3.63) is 0 Å². The molecule has 0 rings (SSSR count). The second kappa shape index (κ2) is 13.2. The maximum Gasteiger partial charge on any atom is 0.322 e. The Morgan fingerprint density at radius 3 is 2.15 bits per heavy atom. The number of nitrogens with two attached hydrogens (primary N) is 2. The molecule has 0 aliphatic heterocycles. The summed E-state index contributed by atoms with van der Waals surface area (Å²) in [6.07, 6.45) is 1.68. The van der Waals surface area contributed by atoms with Gasteiger partial charge in [0.1, 0.15) is 18.6 Å². The van der Waals surface area contributed by atoms with Gasteiger partial charge in [0.25, 0.3) is 0 Å². The van der Waals surface area contributed by atoms with Crippen LogP contribution in [0.5, 0.6) is 0 Å². The first-order valence-corrected chi connectivity index (χ1v) is 9.88. The monoisotopic (exact) mass is 423 g/mol. The van der Waals surface area contributed by atoms with Crippen molar-refractivity contribution in [3.8, 4) is 0 Å². The molecule has 0 spiro atoms. The van der Waals surface area contributed by atoms with E-state index in [0.29, 0.717) is 5.75 Å². The molecule has 0 aliphatic carbocycles. The van der Waals surface area contributed by atoms with Crippen LogP contribution in [0.2, 0.25) is 0 Å². The van der Waals surface area contributed by atoms with Crippen LogP contribution in [0, 0.1) is 0 Å². The van der Waals surface area contributed by atoms with Crippen LogP contribution < -0.4 is 27.4 Å². The van der Waals surface area contributed by atoms with Crippen LogP contribution in [-0.4, -0.2) is 77.1 Å². The number of aliphatic carboxylic acids is 1. The molecule has 0 fully saturated rings. The van der Waals surface area contributed by atoms with Crippen LogP contribution in [0.4, 0.5) is 0 Å². The van der Waals surface area contributed by atoms with Crippen LogP contribution in [0.25, 0.3) is 0 Å². The molecule has 8 N–H and O–H groups in total. The van der Waals surface area contributed by atoms with E-state index in [2.05, 4.69) is 28.6 Å². The van der Waals surface area contributed by atoms with E-state index < -0.39 is 54.3 Å². The van der Waals surface area contributed by atoms with Gasteiger partial charge in [-0.3, -0.25) is 24.0 Å². The number of carbonyl (C=O) groups is 5. The van der Waals surface area contributed by atoms with Crippen molar-refractivity contribution in [1.29, 1.82) is 0 Å². The lowest BCUT2D eigenvalue weighted by Gasteiger charge is -2.22. The molecule has 11 nitrogen and oxygen atoms in total. The predicted molar refractivity (Wildman–Crippen MR) is 103 cm³/mol. The molecular weight excluding hydrogens is 398 g/mol. The van der Waals surface area contributed by atoms with Gasteiger partial charge in [0.15, 0.2) is 0 Å². The number of thiol groups is 1. The third-order valence-electron chi connectivity index (χ3n) is 3.23. The summed E-state index contributed by atoms with van der Waals surface area (Å²) in [5, 5.41) is 15.6. The summed E-state index contributed by atoms with van der Waals surface area (Å²) in [4.78, 5) is 57.7. The zero-order valence-electron chi connectivity index (χ0n) is 14.8. The number of amides is 4. The fourth-order valence-corrected chi connectivity index (χ4v) is 2.57. The first kappa shape index (κ1) is 25.0. The van der Waals surface area contributed by atoms with E-state index in [1.165, 1.54) is 11.8 Å². The van der Waals surface area contributed by atoms with Gasteiger partial charge < -0.3 is 32.5 Å². The average Bonchev–Trinajstić information content (AvgIpc) is 2.59. The van der Waals surface area contributed by atoms with Gasteiger partial charge >= 0.3 is 5.97 Å². The zero-order chi connectivity index (χ0) is 21.0. The van der Waals surface area contributed by atoms with Crippen molar-refractivity contribution in [1.82, 2.24) is 16.0 Å². The van der Waals surface area contributed by atoms with Crippen LogP contribution in [-0.2, 0) is 24.0 Å². The summed E-state index contributed by atoms with van der Waals surface area (Å²) in [6.45, 7) is -0.584. The SMILES string of the molecule is CSCCC(NC(=O)C(CS)NC(=O)C(N)CC(N)=O)C(=O)NCC(=O)O. The van der Waals surface area contributed by atoms with Crippen molar-refractivity contribution < 1.29 is 29.1 Å². The average molecular weight is 424 g/mol. The molecule has 0 aromatic rings. The van der Waals surface area contributed by atoms with Crippen LogP contribution >= 0.6 is 24.4 Å². The fourth-order valence-electron chi connectivity index (χ4n) is 1.85. The van der Waals surface area contributed by atoms with E-state index in [9.17, 15) is 24.0 Å². The predicted octanol–water partition coefficient (Wildman–Crippen LogP) is -2.96. The molecule has 0 radical (unpaired) electrons. The quantitative estimate of drug-likeness (QED) is 0.153. The number of nitrogens with one attached hydrogen (secondary N) is 3. The van der Waals surface area contributed by atoms with Gasteiger partial charge in [-0.15, -0.1) is 0 Å². The molecule has 27 heavy (non-hydrogen) atoms. The smallest absolute Gasteiger partial charge is 0.322 e. The summed E-state index contributed by atoms with van der Waals surface area (Å²) in [5.41, 5.74) is 10.5. The minimum absolute atomic E-state index is 0.0904. The van der Waals surface area contributed by atoms with E-state index >= 15 is 0 Å². The van der Waals surface area contributed by atoms with Crippen LogP contribution in [0.1, 0.15) is 12.8 Å². The molecule has 3 atom stereocenters. The summed E-state index contributed by atoms with van der Waals surface area (Å²) in [6, 6.07) is -3.31. The van der Waals surface area contributed by atoms with Crippen LogP contribution in [0.3, 0.4) is 0 Å². The molecule has 0 aromatic carbocycles. The molecule has 0 heterocycles. The number of carbonyl (C=O) groups excluding carboxylic acids is 4. The van der Waals surface area contributed by atoms with Gasteiger partial charge in [-0.2, -0.15) is 24.4 Å². The lowest BCUT2D eigenvalue weighted by molar-refractivity contribution is -0.138. The molecule has 154 valence electrons. The van der Waals surface area contributed by atoms with E-state index in [0.717, 1.165) is 0 Å². The molecule has 4 amide bonds. The summed E-state index contributed by atoms with van der Waals surface area (Å²) in [5.74, 6) is -3.66. The Bertz CT molecular complexity index is 562. The van der Waals surface area contributed by atoms with Crippen molar-refractivity contribution in [2.45, 2.75) is 31.0 Å². The number of carboxylic acid groups (broad SMARTS) is 1. The van der Waals surface area contributed by atoms with E-state index in [1.54, 1.807) is 0 Å². The number of hydrogen-bond acceptors (Lipinski definition) is 8. The normalized spacial score (nSPS) is 13.7. The van der Waals surface area contributed by atoms with Gasteiger partial charge in [-0.1, -0.05) is 0 Å². The van der Waals surface area contributed by atoms with Gasteiger partial charge in [0, 0.05) is 5.75 Å². The molecule has 3 unspecified atom stereocenters. The maximum absolute atomic E-state index is 12.4. The standard InChI is InChI=1S/C14H25N5O6S2/c1-27-3-2-8(13(24)17-5-11(21)22)18-14(25)9(6-26)19-12(23)7(15)4-10(16)20/h7-9,26H,2-6,15H2,1H3,(H2,16,20)(H,17,24)(H,18,25)(H,19,23)(H,21,22). The second-order valence-corrected chi connectivity index (χ2v) is 6.83. The minimum Gasteiger partial charge on any atom is -0.480 e. The van der Waals surface area contributed by atoms with Crippen LogP contribution in [0.15, 0.2) is 0 Å². The maximum atomic E-state index is 12.4. The molecular formula is C14H25N5O6S2. The Kier molecular flexibility index (Phi) is 12.2. The molecule has 0 aromatic heterocycles. The molecule has 0 aliphatic rings. The molecule has 0 saturated heterocycles. The number of hydrogen-bond donors (Lipinski definition) is 7. The van der Waals surface area contributed by atoms with E-state index in [-0.39, 0.29) is 18.6 Å². The topological polar surface area (TPSA) is 194 Å². The first-order valence-electron chi connectivity index (χ1n) is 7.86. The second-order valence-electron chi connectivity index (χ2n) is 5.47. The largest absolute Gasteiger partial charge is 0.480 e. The number of primary amides is 1. The molecule has 13 heteroatoms. The first-order chi connectivity index (χ1) is 12.6. The van der Waals surface area contributed by atoms with Crippen molar-refractivity contribution in [2.24, 2.45) is 11.5 Å². The van der Waals surface area contributed by atoms with Crippen molar-refractivity contribution >= 4 is 54.0 Å². The Labute approximate surface area is 166 Å². The number of thioether (sulfide) groups is 1. The lowest BCUT2D eigenvalue weighted by atomic mass is 10.1. The summed E-state index contributed by atoms with van der Waals surface area (Å²) < 4.78 is 0. The Morgan fingerprint density at radius 1 is 1.07 bits per heavy atom. The number of carboxylic acids is 1. The zero-order valence-corrected chi connectivity index (χ0v) is 16.5. The summed E-state index contributed by atoms with van der Waals surface area (Å²) in [7, 11) is 0. The lowest BCUT2D eigenvalue weighted by Crippen LogP contribution is -2.57. The fraction of sp³-hybridized carbons (Fsp3) is 0.643. The highest BCUT2D eigenvalue weighted by atomic mass is 32.2. The van der Waals surface area contributed by atoms with Crippen molar-refractivity contribution in [3.63, 3.8) is 0 Å². The Balaban J connectivity index is 4.92. The number of rotatable bonds is 13. The van der Waals surface area contributed by atoms with E-state index in [4.69, 9.17) is 16.6 Å². The highest BCUT2D eigenvalue weighted by molar-refractivity contribution is 7.98. The highest BCUT2D eigenvalue weighted by Crippen LogP contribution is 2.03. The van der Waals surface area contributed by atoms with E-state index in [1.807, 2.05) is 6.26 Å². The molecule has 0 saturated carbocycles. The Morgan fingerprint density at radius 2 is 1.67 bits per heavy atom. The van der Waals surface area contributed by atoms with Gasteiger partial charge in [0.05, 0.1) is 12.5 Å². The van der Waals surface area contributed by atoms with Gasteiger partial charge in [-0.25, -0.2) is 0 Å². The molecule has 0 bridgehead atoms. The Hall–Kier alpha value is -1.99. The summed E-state index contributed by atoms with van der Waals surface area (Å²) >= 11 is 5.43. The third kappa shape index (κ3) is 10.7. The van der Waals surface area contributed by atoms with Gasteiger partial charge in [0.2, 0.25) is 23.6 Å². The van der Waals surface area contributed by atoms with Gasteiger partial charge in [-0.05, 0) is 18.4 Å². The van der Waals surface area contributed by atoms with Crippen molar-refractivity contribution in [2.75, 3.05) is 24.3 Å².